The maximum absolute atomic E-state index is 13.5. The molecular formula is C28H32N4O5S. The molecule has 3 aromatic rings. The number of nitrogens with one attached hydrogen (secondary N) is 2. The predicted octanol–water partition coefficient (Wildman–Crippen LogP) is 3.55. The van der Waals surface area contributed by atoms with Gasteiger partial charge >= 0.3 is 0 Å². The van der Waals surface area contributed by atoms with Crippen molar-refractivity contribution in [1.29, 1.82) is 0 Å². The van der Waals surface area contributed by atoms with Gasteiger partial charge in [0.05, 0.1) is 16.8 Å². The van der Waals surface area contributed by atoms with Gasteiger partial charge in [0.1, 0.15) is 12.3 Å². The Bertz CT molecular complexity index is 1390. The first-order valence-electron chi connectivity index (χ1n) is 12.1. The van der Waals surface area contributed by atoms with E-state index in [2.05, 4.69) is 15.8 Å². The van der Waals surface area contributed by atoms with Gasteiger partial charge in [0.15, 0.2) is 6.61 Å². The minimum Gasteiger partial charge on any atom is -0.484 e. The van der Waals surface area contributed by atoms with Crippen molar-refractivity contribution in [2.75, 3.05) is 17.5 Å². The monoisotopic (exact) mass is 536 g/mol. The van der Waals surface area contributed by atoms with Crippen LogP contribution in [0.2, 0.25) is 0 Å². The average molecular weight is 537 g/mol. The number of nitrogens with zero attached hydrogens (tertiary/aromatic N) is 2. The van der Waals surface area contributed by atoms with Crippen molar-refractivity contribution in [3.05, 3.63) is 89.5 Å². The lowest BCUT2D eigenvalue weighted by Gasteiger charge is -2.26. The number of hydrogen-bond donors (Lipinski definition) is 2. The van der Waals surface area contributed by atoms with Crippen molar-refractivity contribution in [2.45, 2.75) is 38.6 Å². The Morgan fingerprint density at radius 3 is 2.29 bits per heavy atom. The molecule has 0 bridgehead atoms. The molecule has 0 spiro atoms. The predicted molar refractivity (Wildman–Crippen MR) is 148 cm³/mol. The van der Waals surface area contributed by atoms with Crippen molar-refractivity contribution in [1.82, 2.24) is 10.7 Å². The second-order valence-electron chi connectivity index (χ2n) is 8.92. The Morgan fingerprint density at radius 1 is 0.947 bits per heavy atom. The summed E-state index contributed by atoms with van der Waals surface area (Å²) in [7, 11) is -4.01. The van der Waals surface area contributed by atoms with Crippen LogP contribution in [0.3, 0.4) is 0 Å². The van der Waals surface area contributed by atoms with Crippen LogP contribution in [0, 0.1) is 13.8 Å². The van der Waals surface area contributed by atoms with Gasteiger partial charge in [-0.1, -0.05) is 30.3 Å². The molecule has 0 heterocycles. The molecule has 0 fully saturated rings. The van der Waals surface area contributed by atoms with Crippen LogP contribution in [0.1, 0.15) is 30.5 Å². The van der Waals surface area contributed by atoms with Gasteiger partial charge in [0, 0.05) is 6.04 Å². The molecule has 3 aromatic carbocycles. The molecular weight excluding hydrogens is 504 g/mol. The van der Waals surface area contributed by atoms with E-state index in [0.29, 0.717) is 17.0 Å². The summed E-state index contributed by atoms with van der Waals surface area (Å²) < 4.78 is 33.5. The maximum Gasteiger partial charge on any atom is 0.264 e. The molecule has 0 unspecified atom stereocenters. The zero-order valence-electron chi connectivity index (χ0n) is 21.8. The summed E-state index contributed by atoms with van der Waals surface area (Å²) in [6.07, 6.45) is 1.43. The first-order chi connectivity index (χ1) is 18.1. The molecule has 0 saturated heterocycles. The van der Waals surface area contributed by atoms with E-state index in [1.807, 2.05) is 33.8 Å². The summed E-state index contributed by atoms with van der Waals surface area (Å²) in [4.78, 5) is 24.6. The van der Waals surface area contributed by atoms with Gasteiger partial charge in [-0.2, -0.15) is 5.10 Å². The number of ether oxygens (including phenoxy) is 1. The fraction of sp³-hybridized carbons (Fsp3) is 0.250. The zero-order chi connectivity index (χ0) is 27.7. The highest BCUT2D eigenvalue weighted by Gasteiger charge is 2.28. The molecule has 3 rings (SSSR count). The van der Waals surface area contributed by atoms with Crippen LogP contribution < -0.4 is 19.8 Å². The standard InChI is InChI=1S/C28H32N4O5S/c1-20(2)30-28(34)19-37-24-15-13-23(14-16-24)17-29-31-27(33)18-32(26-12-8-9-21(3)22(26)4)38(35,36)25-10-6-5-7-11-25/h5-17,20H,18-19H2,1-4H3,(H,30,34)(H,31,33)/b29-17-. The number of aryl methyl sites for hydroxylation is 1. The lowest BCUT2D eigenvalue weighted by molar-refractivity contribution is -0.123. The average Bonchev–Trinajstić information content (AvgIpc) is 2.89. The van der Waals surface area contributed by atoms with Crippen LogP contribution in [0.4, 0.5) is 5.69 Å². The van der Waals surface area contributed by atoms with Crippen LogP contribution in [0.5, 0.6) is 5.75 Å². The lowest BCUT2D eigenvalue weighted by atomic mass is 10.1. The molecule has 0 aromatic heterocycles. The molecule has 38 heavy (non-hydrogen) atoms. The van der Waals surface area contributed by atoms with E-state index in [4.69, 9.17) is 4.74 Å². The van der Waals surface area contributed by atoms with Crippen LogP contribution >= 0.6 is 0 Å². The first-order valence-corrected chi connectivity index (χ1v) is 13.5. The largest absolute Gasteiger partial charge is 0.484 e. The number of rotatable bonds is 11. The molecule has 0 aliphatic rings. The molecule has 9 nitrogen and oxygen atoms in total. The summed E-state index contributed by atoms with van der Waals surface area (Å²) in [6, 6.07) is 20.1. The number of hydrazone groups is 1. The number of amides is 2. The van der Waals surface area contributed by atoms with Crippen LogP contribution in [-0.4, -0.2) is 45.6 Å². The van der Waals surface area contributed by atoms with Crippen molar-refractivity contribution < 1.29 is 22.7 Å². The Hall–Kier alpha value is -4.18. The zero-order valence-corrected chi connectivity index (χ0v) is 22.7. The van der Waals surface area contributed by atoms with Crippen molar-refractivity contribution in [3.8, 4) is 5.75 Å². The summed E-state index contributed by atoms with van der Waals surface area (Å²) in [5.41, 5.74) is 5.16. The molecule has 200 valence electrons. The van der Waals surface area contributed by atoms with Gasteiger partial charge in [-0.25, -0.2) is 13.8 Å². The van der Waals surface area contributed by atoms with E-state index in [-0.39, 0.29) is 23.5 Å². The Kier molecular flexibility index (Phi) is 9.61. The van der Waals surface area contributed by atoms with E-state index in [1.54, 1.807) is 54.6 Å². The fourth-order valence-corrected chi connectivity index (χ4v) is 5.03. The topological polar surface area (TPSA) is 117 Å². The molecule has 0 aliphatic heterocycles. The summed E-state index contributed by atoms with van der Waals surface area (Å²) in [5.74, 6) is -0.296. The van der Waals surface area contributed by atoms with Crippen molar-refractivity contribution in [2.24, 2.45) is 5.10 Å². The second-order valence-corrected chi connectivity index (χ2v) is 10.8. The Morgan fingerprint density at radius 2 is 1.63 bits per heavy atom. The molecule has 10 heteroatoms. The first kappa shape index (κ1) is 28.4. The van der Waals surface area contributed by atoms with E-state index in [0.717, 1.165) is 15.4 Å². The minimum absolute atomic E-state index is 0.0336. The van der Waals surface area contributed by atoms with E-state index in [9.17, 15) is 18.0 Å². The van der Waals surface area contributed by atoms with Gasteiger partial charge in [-0.3, -0.25) is 13.9 Å². The molecule has 0 aliphatic carbocycles. The number of hydrogen-bond acceptors (Lipinski definition) is 6. The molecule has 0 saturated carbocycles. The number of carbonyl (C=O) groups is 2. The van der Waals surface area contributed by atoms with Crippen molar-refractivity contribution in [3.63, 3.8) is 0 Å². The number of benzene rings is 3. The van der Waals surface area contributed by atoms with Gasteiger partial charge in [-0.15, -0.1) is 0 Å². The Balaban J connectivity index is 1.68. The minimum atomic E-state index is -4.01. The van der Waals surface area contributed by atoms with E-state index in [1.165, 1.54) is 18.3 Å². The fourth-order valence-electron chi connectivity index (χ4n) is 3.53. The van der Waals surface area contributed by atoms with E-state index >= 15 is 0 Å². The normalized spacial score (nSPS) is 11.4. The molecule has 0 atom stereocenters. The highest BCUT2D eigenvalue weighted by atomic mass is 32.2. The molecule has 0 radical (unpaired) electrons. The third-order valence-electron chi connectivity index (χ3n) is 5.57. The van der Waals surface area contributed by atoms with Crippen molar-refractivity contribution >= 4 is 33.7 Å². The summed E-state index contributed by atoms with van der Waals surface area (Å²) in [5, 5.41) is 6.71. The maximum atomic E-state index is 13.5. The lowest BCUT2D eigenvalue weighted by Crippen LogP contribution is -2.40. The van der Waals surface area contributed by atoms with Gasteiger partial charge in [-0.05, 0) is 86.8 Å². The van der Waals surface area contributed by atoms with E-state index < -0.39 is 22.5 Å². The Labute approximate surface area is 223 Å². The number of carbonyl (C=O) groups excluding carboxylic acids is 2. The number of sulfonamides is 1. The molecule has 2 amide bonds. The summed E-state index contributed by atoms with van der Waals surface area (Å²) in [6.45, 7) is 6.89. The molecule has 2 N–H and O–H groups in total. The second kappa shape index (κ2) is 12.9. The SMILES string of the molecule is Cc1cccc(N(CC(=O)N/N=C\c2ccc(OCC(=O)NC(C)C)cc2)S(=O)(=O)c2ccccc2)c1C. The van der Waals surface area contributed by atoms with Crippen LogP contribution in [-0.2, 0) is 19.6 Å². The third kappa shape index (κ3) is 7.66. The smallest absolute Gasteiger partial charge is 0.264 e. The number of anilines is 1. The van der Waals surface area contributed by atoms with Gasteiger partial charge < -0.3 is 10.1 Å². The van der Waals surface area contributed by atoms with Gasteiger partial charge in [0.25, 0.3) is 21.8 Å². The third-order valence-corrected chi connectivity index (χ3v) is 7.34. The highest BCUT2D eigenvalue weighted by Crippen LogP contribution is 2.28. The summed E-state index contributed by atoms with van der Waals surface area (Å²) >= 11 is 0. The van der Waals surface area contributed by atoms with Crippen LogP contribution in [0.15, 0.2) is 82.8 Å². The van der Waals surface area contributed by atoms with Crippen LogP contribution in [0.25, 0.3) is 0 Å². The van der Waals surface area contributed by atoms with Gasteiger partial charge in [0.2, 0.25) is 0 Å². The quantitative estimate of drug-likeness (QED) is 0.287. The highest BCUT2D eigenvalue weighted by molar-refractivity contribution is 7.92.